The standard InChI is InChI=1S/C27H21F6N3O3S/c28-26(29,30)23-17(8-10-22(37)36-12-14-39-15-13-36)7-9-21(24(23)27(31,32)33)40-19-5-3-4-18(16-19)35-25(38)20-6-1-2-11-34-20/h1-11,16H,12-15H2,(H,35,38)/b10-8+. The quantitative estimate of drug-likeness (QED) is 0.270. The summed E-state index contributed by atoms with van der Waals surface area (Å²) in [7, 11) is 0. The van der Waals surface area contributed by atoms with E-state index in [1.54, 1.807) is 12.1 Å². The predicted octanol–water partition coefficient (Wildman–Crippen LogP) is 6.39. The second-order valence-electron chi connectivity index (χ2n) is 8.47. The minimum atomic E-state index is -5.37. The predicted molar refractivity (Wildman–Crippen MR) is 136 cm³/mol. The fourth-order valence-corrected chi connectivity index (χ4v) is 4.96. The molecule has 1 fully saturated rings. The van der Waals surface area contributed by atoms with Crippen LogP contribution < -0.4 is 5.32 Å². The molecule has 0 saturated carbocycles. The van der Waals surface area contributed by atoms with Gasteiger partial charge in [0.25, 0.3) is 5.91 Å². The summed E-state index contributed by atoms with van der Waals surface area (Å²) >= 11 is 0.464. The molecular weight excluding hydrogens is 560 g/mol. The number of anilines is 1. The smallest absolute Gasteiger partial charge is 0.378 e. The monoisotopic (exact) mass is 581 g/mol. The number of ether oxygens (including phenoxy) is 1. The lowest BCUT2D eigenvalue weighted by atomic mass is 9.99. The molecule has 2 amide bonds. The van der Waals surface area contributed by atoms with Gasteiger partial charge < -0.3 is 15.0 Å². The number of halogens is 6. The Morgan fingerprint density at radius 1 is 0.925 bits per heavy atom. The highest BCUT2D eigenvalue weighted by Gasteiger charge is 2.46. The van der Waals surface area contributed by atoms with E-state index in [1.807, 2.05) is 0 Å². The number of nitrogens with zero attached hydrogens (tertiary/aromatic N) is 2. The van der Waals surface area contributed by atoms with Gasteiger partial charge in [-0.25, -0.2) is 0 Å². The molecule has 2 heterocycles. The molecule has 13 heteroatoms. The van der Waals surface area contributed by atoms with Crippen molar-refractivity contribution in [2.24, 2.45) is 0 Å². The van der Waals surface area contributed by atoms with Crippen LogP contribution in [-0.2, 0) is 21.9 Å². The lowest BCUT2D eigenvalue weighted by Gasteiger charge is -2.25. The summed E-state index contributed by atoms with van der Waals surface area (Å²) in [5.41, 5.74) is -4.23. The average Bonchev–Trinajstić information content (AvgIpc) is 2.92. The van der Waals surface area contributed by atoms with Crippen LogP contribution in [0.5, 0.6) is 0 Å². The van der Waals surface area contributed by atoms with Gasteiger partial charge in [0.15, 0.2) is 0 Å². The van der Waals surface area contributed by atoms with E-state index in [-0.39, 0.29) is 42.6 Å². The van der Waals surface area contributed by atoms with E-state index in [0.717, 1.165) is 24.3 Å². The summed E-state index contributed by atoms with van der Waals surface area (Å²) in [5, 5.41) is 2.56. The van der Waals surface area contributed by atoms with Crippen LogP contribution in [-0.4, -0.2) is 48.0 Å². The molecule has 0 unspecified atom stereocenters. The molecule has 4 rings (SSSR count). The lowest BCUT2D eigenvalue weighted by Crippen LogP contribution is -2.39. The fraction of sp³-hybridized carbons (Fsp3) is 0.222. The summed E-state index contributed by atoms with van der Waals surface area (Å²) in [6, 6.07) is 12.2. The van der Waals surface area contributed by atoms with Crippen molar-refractivity contribution in [2.75, 3.05) is 31.6 Å². The van der Waals surface area contributed by atoms with Crippen molar-refractivity contribution in [3.05, 3.63) is 89.3 Å². The van der Waals surface area contributed by atoms with Crippen LogP contribution in [0.4, 0.5) is 32.0 Å². The van der Waals surface area contributed by atoms with Crippen molar-refractivity contribution in [1.29, 1.82) is 0 Å². The van der Waals surface area contributed by atoms with Gasteiger partial charge in [-0.3, -0.25) is 14.6 Å². The van der Waals surface area contributed by atoms with Crippen LogP contribution >= 0.6 is 11.8 Å². The molecule has 0 atom stereocenters. The number of benzene rings is 2. The average molecular weight is 582 g/mol. The molecule has 0 bridgehead atoms. The Morgan fingerprint density at radius 3 is 2.30 bits per heavy atom. The number of aromatic nitrogens is 1. The van der Waals surface area contributed by atoms with E-state index in [4.69, 9.17) is 4.74 Å². The van der Waals surface area contributed by atoms with E-state index in [0.29, 0.717) is 11.8 Å². The molecule has 1 aromatic heterocycles. The van der Waals surface area contributed by atoms with Crippen LogP contribution in [0.15, 0.2) is 76.7 Å². The molecule has 1 aliphatic heterocycles. The minimum Gasteiger partial charge on any atom is -0.378 e. The number of nitrogens with one attached hydrogen (secondary N) is 1. The van der Waals surface area contributed by atoms with E-state index < -0.39 is 45.8 Å². The van der Waals surface area contributed by atoms with E-state index in [9.17, 15) is 35.9 Å². The van der Waals surface area contributed by atoms with E-state index in [2.05, 4.69) is 10.3 Å². The number of amides is 2. The van der Waals surface area contributed by atoms with E-state index in [1.165, 1.54) is 41.4 Å². The Morgan fingerprint density at radius 2 is 1.65 bits per heavy atom. The number of alkyl halides is 6. The van der Waals surface area contributed by atoms with Crippen molar-refractivity contribution in [2.45, 2.75) is 22.1 Å². The number of morpholine rings is 1. The largest absolute Gasteiger partial charge is 0.418 e. The fourth-order valence-electron chi connectivity index (χ4n) is 3.92. The van der Waals surface area contributed by atoms with Crippen molar-refractivity contribution < 1.29 is 40.7 Å². The Hall–Kier alpha value is -3.84. The number of hydrogen-bond acceptors (Lipinski definition) is 5. The van der Waals surface area contributed by atoms with Crippen LogP contribution in [0.25, 0.3) is 6.08 Å². The Balaban J connectivity index is 1.67. The van der Waals surface area contributed by atoms with Crippen LogP contribution in [0.1, 0.15) is 27.2 Å². The molecule has 3 aromatic rings. The number of carbonyl (C=O) groups excluding carboxylic acids is 2. The zero-order chi connectivity index (χ0) is 28.9. The summed E-state index contributed by atoms with van der Waals surface area (Å²) in [4.78, 5) is 29.5. The van der Waals surface area contributed by atoms with Gasteiger partial charge in [-0.05, 0) is 48.0 Å². The molecule has 1 saturated heterocycles. The van der Waals surface area contributed by atoms with Gasteiger partial charge in [-0.2, -0.15) is 26.3 Å². The van der Waals surface area contributed by atoms with Gasteiger partial charge in [0.2, 0.25) is 5.91 Å². The summed E-state index contributed by atoms with van der Waals surface area (Å²) < 4.78 is 89.9. The van der Waals surface area contributed by atoms with Gasteiger partial charge in [-0.15, -0.1) is 0 Å². The molecule has 1 N–H and O–H groups in total. The first kappa shape index (κ1) is 29.2. The van der Waals surface area contributed by atoms with Crippen molar-refractivity contribution in [3.63, 3.8) is 0 Å². The second kappa shape index (κ2) is 12.1. The molecule has 1 aliphatic rings. The molecule has 6 nitrogen and oxygen atoms in total. The number of pyridine rings is 1. The first-order chi connectivity index (χ1) is 18.9. The third-order valence-electron chi connectivity index (χ3n) is 5.71. The number of carbonyl (C=O) groups is 2. The van der Waals surface area contributed by atoms with E-state index >= 15 is 0 Å². The molecule has 0 spiro atoms. The first-order valence-corrected chi connectivity index (χ1v) is 12.6. The van der Waals surface area contributed by atoms with Gasteiger partial charge in [0.05, 0.1) is 24.3 Å². The highest BCUT2D eigenvalue weighted by atomic mass is 32.2. The highest BCUT2D eigenvalue weighted by molar-refractivity contribution is 7.99. The SMILES string of the molecule is O=C(Nc1cccc(Sc2ccc(/C=C/C(=O)N3CCOCC3)c(C(F)(F)F)c2C(F)(F)F)c1)c1ccccn1. The summed E-state index contributed by atoms with van der Waals surface area (Å²) in [5.74, 6) is -1.20. The molecular formula is C27H21F6N3O3S. The molecule has 40 heavy (non-hydrogen) atoms. The van der Waals surface area contributed by atoms with Crippen molar-refractivity contribution >= 4 is 35.3 Å². The lowest BCUT2D eigenvalue weighted by molar-refractivity contribution is -0.163. The molecule has 0 radical (unpaired) electrons. The van der Waals surface area contributed by atoms with Crippen LogP contribution in [0.3, 0.4) is 0 Å². The maximum absolute atomic E-state index is 14.2. The van der Waals surface area contributed by atoms with Crippen LogP contribution in [0, 0.1) is 0 Å². The van der Waals surface area contributed by atoms with Crippen LogP contribution in [0.2, 0.25) is 0 Å². The maximum Gasteiger partial charge on any atom is 0.418 e. The summed E-state index contributed by atoms with van der Waals surface area (Å²) in [6.07, 6.45) is -7.75. The third kappa shape index (κ3) is 7.21. The zero-order valence-electron chi connectivity index (χ0n) is 20.6. The molecule has 2 aromatic carbocycles. The maximum atomic E-state index is 14.2. The Labute approximate surface area is 229 Å². The van der Waals surface area contributed by atoms with Gasteiger partial charge >= 0.3 is 12.4 Å². The Bertz CT molecular complexity index is 1400. The van der Waals surface area contributed by atoms with Gasteiger partial charge in [-0.1, -0.05) is 30.0 Å². The second-order valence-corrected chi connectivity index (χ2v) is 9.58. The van der Waals surface area contributed by atoms with Gasteiger partial charge in [0, 0.05) is 40.8 Å². The van der Waals surface area contributed by atoms with Crippen molar-refractivity contribution in [3.8, 4) is 0 Å². The zero-order valence-corrected chi connectivity index (χ0v) is 21.4. The summed E-state index contributed by atoms with van der Waals surface area (Å²) in [6.45, 7) is 0.956. The number of hydrogen-bond donors (Lipinski definition) is 1. The number of rotatable bonds is 6. The molecule has 0 aliphatic carbocycles. The Kier molecular flexibility index (Phi) is 8.84. The first-order valence-electron chi connectivity index (χ1n) is 11.8. The highest BCUT2D eigenvalue weighted by Crippen LogP contribution is 2.48. The minimum absolute atomic E-state index is 0.102. The molecule has 210 valence electrons. The third-order valence-corrected chi connectivity index (χ3v) is 6.76. The normalized spacial score (nSPS) is 14.4. The topological polar surface area (TPSA) is 71.5 Å². The van der Waals surface area contributed by atoms with Crippen molar-refractivity contribution in [1.82, 2.24) is 9.88 Å². The van der Waals surface area contributed by atoms with Gasteiger partial charge in [0.1, 0.15) is 5.69 Å².